The van der Waals surface area contributed by atoms with E-state index in [2.05, 4.69) is 69.8 Å². The highest BCUT2D eigenvalue weighted by Gasteiger charge is 2.16. The summed E-state index contributed by atoms with van der Waals surface area (Å²) in [6, 6.07) is 20.7. The molecule has 6 rings (SSSR count). The first-order chi connectivity index (χ1) is 15.6. The third kappa shape index (κ3) is 3.53. The van der Waals surface area contributed by atoms with Crippen LogP contribution in [0.5, 0.6) is 0 Å². The van der Waals surface area contributed by atoms with Crippen LogP contribution in [0.25, 0.3) is 44.8 Å². The molecular weight excluding hydrogens is 416 g/mol. The Kier molecular flexibility index (Phi) is 4.66. The molecule has 5 aromatic rings. The quantitative estimate of drug-likeness (QED) is 0.352. The van der Waals surface area contributed by atoms with Gasteiger partial charge in [-0.3, -0.25) is 0 Å². The smallest absolute Gasteiger partial charge is 0.138 e. The summed E-state index contributed by atoms with van der Waals surface area (Å²) in [5.41, 5.74) is 7.31. The van der Waals surface area contributed by atoms with Crippen LogP contribution in [0, 0.1) is 0 Å². The molecule has 1 aliphatic rings. The third-order valence-corrected chi connectivity index (χ3v) is 6.53. The van der Waals surface area contributed by atoms with E-state index in [-0.39, 0.29) is 0 Å². The van der Waals surface area contributed by atoms with E-state index in [4.69, 9.17) is 9.97 Å². The van der Waals surface area contributed by atoms with E-state index in [0.717, 1.165) is 75.9 Å². The highest BCUT2D eigenvalue weighted by Crippen LogP contribution is 2.28. The summed E-state index contributed by atoms with van der Waals surface area (Å²) in [5.74, 6) is 1.72. The van der Waals surface area contributed by atoms with Crippen molar-refractivity contribution in [2.75, 3.05) is 38.1 Å². The number of aromatic amines is 2. The molecule has 2 N–H and O–H groups in total. The first-order valence-electron chi connectivity index (χ1n) is 10.9. The zero-order chi connectivity index (χ0) is 21.7. The van der Waals surface area contributed by atoms with E-state index in [1.807, 2.05) is 30.3 Å². The molecule has 7 heteroatoms. The lowest BCUT2D eigenvalue weighted by atomic mass is 10.2. The number of likely N-dealkylation sites (N-methyl/N-ethyl adjacent to an activating group) is 1. The van der Waals surface area contributed by atoms with Gasteiger partial charge >= 0.3 is 0 Å². The number of benzene rings is 3. The van der Waals surface area contributed by atoms with Crippen molar-refractivity contribution >= 4 is 40.4 Å². The van der Waals surface area contributed by atoms with Crippen LogP contribution in [0.15, 0.2) is 65.6 Å². The van der Waals surface area contributed by atoms with Crippen molar-refractivity contribution < 1.29 is 0 Å². The van der Waals surface area contributed by atoms with Crippen molar-refractivity contribution in [2.45, 2.75) is 4.90 Å². The second-order valence-electron chi connectivity index (χ2n) is 8.44. The Labute approximate surface area is 191 Å². The van der Waals surface area contributed by atoms with Crippen LogP contribution in [0.3, 0.4) is 0 Å². The molecule has 1 fully saturated rings. The predicted octanol–water partition coefficient (Wildman–Crippen LogP) is 4.81. The van der Waals surface area contributed by atoms with Gasteiger partial charge in [-0.05, 0) is 55.6 Å². The van der Waals surface area contributed by atoms with Gasteiger partial charge in [-0.2, -0.15) is 0 Å². The van der Waals surface area contributed by atoms with Gasteiger partial charge < -0.3 is 19.8 Å². The summed E-state index contributed by atoms with van der Waals surface area (Å²) in [5, 5.41) is 0. The second-order valence-corrected chi connectivity index (χ2v) is 8.96. The fourth-order valence-electron chi connectivity index (χ4n) is 4.31. The molecule has 2 aromatic heterocycles. The van der Waals surface area contributed by atoms with E-state index in [1.54, 1.807) is 0 Å². The van der Waals surface area contributed by atoms with Crippen LogP contribution < -0.4 is 4.90 Å². The number of thiol groups is 1. The summed E-state index contributed by atoms with van der Waals surface area (Å²) < 4.78 is 0. The molecule has 32 heavy (non-hydrogen) atoms. The third-order valence-electron chi connectivity index (χ3n) is 6.23. The van der Waals surface area contributed by atoms with Crippen LogP contribution >= 0.6 is 12.6 Å². The number of aromatic nitrogens is 4. The normalized spacial score (nSPS) is 15.1. The molecule has 1 saturated heterocycles. The minimum absolute atomic E-state index is 0.854. The number of H-pyrrole nitrogens is 2. The Morgan fingerprint density at radius 1 is 0.719 bits per heavy atom. The molecule has 0 bridgehead atoms. The van der Waals surface area contributed by atoms with Gasteiger partial charge in [0.2, 0.25) is 0 Å². The Balaban J connectivity index is 1.32. The maximum atomic E-state index is 4.84. The first kappa shape index (κ1) is 19.4. The number of hydrogen-bond acceptors (Lipinski definition) is 5. The molecule has 3 aromatic carbocycles. The van der Waals surface area contributed by atoms with Crippen LogP contribution in [-0.2, 0) is 0 Å². The highest BCUT2D eigenvalue weighted by atomic mass is 32.1. The molecule has 160 valence electrons. The minimum Gasteiger partial charge on any atom is -0.369 e. The molecule has 6 nitrogen and oxygen atoms in total. The van der Waals surface area contributed by atoms with Gasteiger partial charge in [0.1, 0.15) is 11.6 Å². The molecular formula is C25H24N6S. The summed E-state index contributed by atoms with van der Waals surface area (Å²) >= 11 is 4.36. The van der Waals surface area contributed by atoms with Gasteiger partial charge in [0.25, 0.3) is 0 Å². The fourth-order valence-corrected chi connectivity index (χ4v) is 4.46. The zero-order valence-electron chi connectivity index (χ0n) is 17.8. The molecule has 0 atom stereocenters. The summed E-state index contributed by atoms with van der Waals surface area (Å²) in [6.45, 7) is 4.30. The van der Waals surface area contributed by atoms with Crippen LogP contribution in [0.1, 0.15) is 0 Å². The minimum atomic E-state index is 0.854. The number of rotatable bonds is 3. The van der Waals surface area contributed by atoms with Gasteiger partial charge in [0, 0.05) is 47.9 Å². The standard InChI is InChI=1S/C25H24N6S/c1-30-10-12-31(13-11-30)18-5-9-21-23(15-18)29-25(27-21)17-4-8-20-22(14-17)28-24(26-20)16-2-6-19(32)7-3-16/h2-9,14-15,32H,10-13H2,1H3,(H,26,28)(H,27,29). The van der Waals surface area contributed by atoms with Gasteiger partial charge in [0.05, 0.1) is 22.1 Å². The molecule has 0 spiro atoms. The molecule has 0 saturated carbocycles. The lowest BCUT2D eigenvalue weighted by molar-refractivity contribution is 0.313. The van der Waals surface area contributed by atoms with Gasteiger partial charge in [0.15, 0.2) is 0 Å². The SMILES string of the molecule is CN1CCN(c2ccc3nc(-c4ccc5nc(-c6ccc(S)cc6)[nH]c5c4)[nH]c3c2)CC1. The zero-order valence-corrected chi connectivity index (χ0v) is 18.7. The Bertz CT molecular complexity index is 1410. The molecule has 1 aliphatic heterocycles. The van der Waals surface area contributed by atoms with Gasteiger partial charge in [-0.15, -0.1) is 12.6 Å². The van der Waals surface area contributed by atoms with Crippen molar-refractivity contribution in [1.82, 2.24) is 24.8 Å². The number of nitrogens with zero attached hydrogens (tertiary/aromatic N) is 4. The second kappa shape index (κ2) is 7.69. The van der Waals surface area contributed by atoms with Crippen molar-refractivity contribution in [3.63, 3.8) is 0 Å². The van der Waals surface area contributed by atoms with Gasteiger partial charge in [-0.25, -0.2) is 9.97 Å². The molecule has 0 aliphatic carbocycles. The van der Waals surface area contributed by atoms with E-state index in [0.29, 0.717) is 0 Å². The number of anilines is 1. The topological polar surface area (TPSA) is 63.8 Å². The predicted molar refractivity (Wildman–Crippen MR) is 134 cm³/mol. The van der Waals surface area contributed by atoms with E-state index >= 15 is 0 Å². The molecule has 0 unspecified atom stereocenters. The van der Waals surface area contributed by atoms with Gasteiger partial charge in [-0.1, -0.05) is 12.1 Å². The number of hydrogen-bond donors (Lipinski definition) is 3. The summed E-state index contributed by atoms with van der Waals surface area (Å²) in [4.78, 5) is 22.3. The number of fused-ring (bicyclic) bond motifs is 2. The van der Waals surface area contributed by atoms with E-state index in [1.165, 1.54) is 5.69 Å². The highest BCUT2D eigenvalue weighted by molar-refractivity contribution is 7.80. The van der Waals surface area contributed by atoms with E-state index < -0.39 is 0 Å². The average Bonchev–Trinajstić information content (AvgIpc) is 3.43. The van der Waals surface area contributed by atoms with Crippen molar-refractivity contribution in [3.8, 4) is 22.8 Å². The summed E-state index contributed by atoms with van der Waals surface area (Å²) in [7, 11) is 2.18. The molecule has 0 radical (unpaired) electrons. The fraction of sp³-hybridized carbons (Fsp3) is 0.200. The van der Waals surface area contributed by atoms with Crippen LogP contribution in [0.2, 0.25) is 0 Å². The monoisotopic (exact) mass is 440 g/mol. The lowest BCUT2D eigenvalue weighted by Crippen LogP contribution is -2.44. The lowest BCUT2D eigenvalue weighted by Gasteiger charge is -2.34. The van der Waals surface area contributed by atoms with Crippen LogP contribution in [-0.4, -0.2) is 58.1 Å². The molecule has 0 amide bonds. The first-order valence-corrected chi connectivity index (χ1v) is 11.3. The Hall–Kier alpha value is -3.29. The Morgan fingerprint density at radius 2 is 1.31 bits per heavy atom. The number of nitrogens with one attached hydrogen (secondary N) is 2. The Morgan fingerprint density at radius 3 is 2.03 bits per heavy atom. The molecule has 3 heterocycles. The van der Waals surface area contributed by atoms with Crippen molar-refractivity contribution in [1.29, 1.82) is 0 Å². The average molecular weight is 441 g/mol. The van der Waals surface area contributed by atoms with Crippen molar-refractivity contribution in [3.05, 3.63) is 60.7 Å². The summed E-state index contributed by atoms with van der Waals surface area (Å²) in [6.07, 6.45) is 0. The van der Waals surface area contributed by atoms with Crippen LogP contribution in [0.4, 0.5) is 5.69 Å². The number of piperazine rings is 1. The number of imidazole rings is 2. The van der Waals surface area contributed by atoms with Crippen molar-refractivity contribution in [2.24, 2.45) is 0 Å². The van der Waals surface area contributed by atoms with E-state index in [9.17, 15) is 0 Å². The largest absolute Gasteiger partial charge is 0.369 e. The maximum Gasteiger partial charge on any atom is 0.138 e. The maximum absolute atomic E-state index is 4.84.